The molecule has 156 valence electrons. The summed E-state index contributed by atoms with van der Waals surface area (Å²) >= 11 is 0. The number of carbonyl (C=O) groups excluding carboxylic acids is 1. The number of nitrogens with zero attached hydrogens (tertiary/aromatic N) is 1. The molecule has 0 spiro atoms. The van der Waals surface area contributed by atoms with E-state index in [1.807, 2.05) is 0 Å². The van der Waals surface area contributed by atoms with Gasteiger partial charge in [0.15, 0.2) is 0 Å². The van der Waals surface area contributed by atoms with Crippen molar-refractivity contribution >= 4 is 42.6 Å². The van der Waals surface area contributed by atoms with Gasteiger partial charge in [0, 0.05) is 23.9 Å². The number of anilines is 1. The molecule has 0 saturated carbocycles. The Morgan fingerprint density at radius 1 is 1.11 bits per heavy atom. The highest BCUT2D eigenvalue weighted by atomic mass is 32.2. The lowest BCUT2D eigenvalue weighted by Crippen LogP contribution is -2.17. The van der Waals surface area contributed by atoms with Crippen molar-refractivity contribution in [2.45, 2.75) is 20.8 Å². The third-order valence-electron chi connectivity index (χ3n) is 4.17. The fraction of sp³-hybridized carbons (Fsp3) is 0.471. The Hall–Kier alpha value is -2.11. The predicted octanol–water partition coefficient (Wildman–Crippen LogP) is 1.71. The van der Waals surface area contributed by atoms with Gasteiger partial charge in [0.2, 0.25) is 20.0 Å². The first-order chi connectivity index (χ1) is 13.1. The third-order valence-corrected chi connectivity index (χ3v) is 7.24. The van der Waals surface area contributed by atoms with Crippen molar-refractivity contribution in [3.63, 3.8) is 0 Å². The van der Waals surface area contributed by atoms with Crippen LogP contribution in [0.3, 0.4) is 0 Å². The molecule has 1 aromatic heterocycles. The molecular weight excluding hydrogens is 408 g/mol. The van der Waals surface area contributed by atoms with Crippen molar-refractivity contribution in [2.24, 2.45) is 0 Å². The summed E-state index contributed by atoms with van der Waals surface area (Å²) in [7, 11) is -5.77. The molecule has 2 aromatic rings. The second kappa shape index (κ2) is 8.50. The number of esters is 1. The van der Waals surface area contributed by atoms with Crippen molar-refractivity contribution in [1.29, 1.82) is 0 Å². The van der Waals surface area contributed by atoms with Gasteiger partial charge in [-0.15, -0.1) is 0 Å². The Balaban J connectivity index is 2.70. The van der Waals surface area contributed by atoms with Crippen molar-refractivity contribution in [3.05, 3.63) is 29.5 Å². The van der Waals surface area contributed by atoms with E-state index in [4.69, 9.17) is 9.47 Å². The van der Waals surface area contributed by atoms with Crippen molar-refractivity contribution in [2.75, 3.05) is 36.6 Å². The molecule has 9 nitrogen and oxygen atoms in total. The summed E-state index contributed by atoms with van der Waals surface area (Å²) in [5.74, 6) is -0.999. The van der Waals surface area contributed by atoms with E-state index in [0.717, 1.165) is 3.97 Å². The molecule has 2 rings (SSSR count). The number of sulfonamides is 1. The topological polar surface area (TPSA) is 121 Å². The highest BCUT2D eigenvalue weighted by Crippen LogP contribution is 2.31. The van der Waals surface area contributed by atoms with Crippen LogP contribution in [0.25, 0.3) is 10.9 Å². The zero-order valence-electron chi connectivity index (χ0n) is 16.2. The minimum absolute atomic E-state index is 0.00410. The maximum Gasteiger partial charge on any atom is 0.340 e. The average molecular weight is 433 g/mol. The smallest absolute Gasteiger partial charge is 0.340 e. The number of carbonyl (C=O) groups is 1. The number of benzene rings is 1. The molecule has 28 heavy (non-hydrogen) atoms. The van der Waals surface area contributed by atoms with Crippen LogP contribution in [0.2, 0.25) is 0 Å². The van der Waals surface area contributed by atoms with E-state index in [1.165, 1.54) is 46.1 Å². The van der Waals surface area contributed by atoms with Gasteiger partial charge in [-0.3, -0.25) is 4.72 Å². The summed E-state index contributed by atoms with van der Waals surface area (Å²) in [6.07, 6.45) is 0. The summed E-state index contributed by atoms with van der Waals surface area (Å²) in [5, 5.41) is 0.285. The molecule has 0 aliphatic heterocycles. The fourth-order valence-electron chi connectivity index (χ4n) is 2.74. The maximum absolute atomic E-state index is 12.6. The van der Waals surface area contributed by atoms with E-state index in [1.54, 1.807) is 0 Å². The van der Waals surface area contributed by atoms with Crippen molar-refractivity contribution < 1.29 is 31.1 Å². The van der Waals surface area contributed by atoms with Gasteiger partial charge in [-0.25, -0.2) is 25.6 Å². The number of rotatable bonds is 9. The van der Waals surface area contributed by atoms with E-state index < -0.39 is 26.0 Å². The number of aromatic nitrogens is 1. The zero-order chi connectivity index (χ0) is 21.1. The first-order valence-corrected chi connectivity index (χ1v) is 11.9. The lowest BCUT2D eigenvalue weighted by molar-refractivity contribution is 0.0389. The largest absolute Gasteiger partial charge is 0.460 e. The van der Waals surface area contributed by atoms with Crippen LogP contribution in [0.15, 0.2) is 18.2 Å². The number of methoxy groups -OCH3 is 1. The minimum Gasteiger partial charge on any atom is -0.460 e. The van der Waals surface area contributed by atoms with E-state index in [9.17, 15) is 21.6 Å². The lowest BCUT2D eigenvalue weighted by atomic mass is 10.1. The standard InChI is InChI=1S/C17H24N2O7S2/c1-5-27(21,22)18-13-7-8-15-14(11-13)16(17(20)26-10-9-25-4)12(3)19(15)28(23,24)6-2/h7-8,11,18H,5-6,9-10H2,1-4H3. The van der Waals surface area contributed by atoms with Crippen molar-refractivity contribution in [3.8, 4) is 0 Å². The third kappa shape index (κ3) is 4.47. The van der Waals surface area contributed by atoms with Crippen LogP contribution < -0.4 is 4.72 Å². The summed E-state index contributed by atoms with van der Waals surface area (Å²) in [5.41, 5.74) is 0.777. The first-order valence-electron chi connectivity index (χ1n) is 8.62. The molecule has 0 aliphatic carbocycles. The molecule has 0 bridgehead atoms. The Morgan fingerprint density at radius 2 is 1.79 bits per heavy atom. The van der Waals surface area contributed by atoms with Gasteiger partial charge in [-0.1, -0.05) is 0 Å². The fourth-order valence-corrected chi connectivity index (χ4v) is 4.60. The second-order valence-electron chi connectivity index (χ2n) is 5.99. The Labute approximate surface area is 164 Å². The molecule has 0 amide bonds. The number of hydrogen-bond donors (Lipinski definition) is 1. The number of hydrogen-bond acceptors (Lipinski definition) is 7. The molecule has 0 radical (unpaired) electrons. The van der Waals surface area contributed by atoms with E-state index in [0.29, 0.717) is 0 Å². The molecule has 0 fully saturated rings. The quantitative estimate of drug-likeness (QED) is 0.473. The van der Waals surface area contributed by atoms with Crippen LogP contribution in [0.4, 0.5) is 5.69 Å². The molecule has 0 atom stereocenters. The molecular formula is C17H24N2O7S2. The molecule has 1 N–H and O–H groups in total. The van der Waals surface area contributed by atoms with E-state index in [2.05, 4.69) is 4.72 Å². The SMILES string of the molecule is CCS(=O)(=O)Nc1ccc2c(c1)c(C(=O)OCCOC)c(C)n2S(=O)(=O)CC. The summed E-state index contributed by atoms with van der Waals surface area (Å²) in [6.45, 7) is 4.70. The molecule has 0 unspecified atom stereocenters. The molecule has 1 heterocycles. The molecule has 0 saturated heterocycles. The molecule has 1 aromatic carbocycles. The highest BCUT2D eigenvalue weighted by Gasteiger charge is 2.27. The Morgan fingerprint density at radius 3 is 2.36 bits per heavy atom. The van der Waals surface area contributed by atoms with Gasteiger partial charge in [-0.05, 0) is 39.0 Å². The monoisotopic (exact) mass is 432 g/mol. The van der Waals surface area contributed by atoms with Gasteiger partial charge >= 0.3 is 5.97 Å². The predicted molar refractivity (Wildman–Crippen MR) is 107 cm³/mol. The van der Waals surface area contributed by atoms with Gasteiger partial charge in [0.05, 0.1) is 29.2 Å². The number of nitrogens with one attached hydrogen (secondary N) is 1. The van der Waals surface area contributed by atoms with Crippen LogP contribution in [-0.2, 0) is 29.5 Å². The van der Waals surface area contributed by atoms with Crippen LogP contribution >= 0.6 is 0 Å². The van der Waals surface area contributed by atoms with Crippen LogP contribution in [0.1, 0.15) is 29.9 Å². The number of fused-ring (bicyclic) bond motifs is 1. The zero-order valence-corrected chi connectivity index (χ0v) is 17.8. The first kappa shape index (κ1) is 22.2. The minimum atomic E-state index is -3.70. The summed E-state index contributed by atoms with van der Waals surface area (Å²) in [4.78, 5) is 12.6. The van der Waals surface area contributed by atoms with Gasteiger partial charge < -0.3 is 9.47 Å². The van der Waals surface area contributed by atoms with Gasteiger partial charge in [0.1, 0.15) is 6.61 Å². The normalized spacial score (nSPS) is 12.3. The lowest BCUT2D eigenvalue weighted by Gasteiger charge is -2.09. The number of ether oxygens (including phenoxy) is 2. The summed E-state index contributed by atoms with van der Waals surface area (Å²) < 4.78 is 62.4. The van der Waals surface area contributed by atoms with Crippen LogP contribution in [0, 0.1) is 6.92 Å². The van der Waals surface area contributed by atoms with Crippen LogP contribution in [-0.4, -0.2) is 58.6 Å². The van der Waals surface area contributed by atoms with Gasteiger partial charge in [-0.2, -0.15) is 0 Å². The van der Waals surface area contributed by atoms with E-state index >= 15 is 0 Å². The molecule has 11 heteroatoms. The van der Waals surface area contributed by atoms with E-state index in [-0.39, 0.29) is 52.6 Å². The average Bonchev–Trinajstić information content (AvgIpc) is 2.93. The maximum atomic E-state index is 12.6. The molecule has 0 aliphatic rings. The second-order valence-corrected chi connectivity index (χ2v) is 10.1. The van der Waals surface area contributed by atoms with Crippen LogP contribution in [0.5, 0.6) is 0 Å². The van der Waals surface area contributed by atoms with Crippen molar-refractivity contribution in [1.82, 2.24) is 3.97 Å². The van der Waals surface area contributed by atoms with Gasteiger partial charge in [0.25, 0.3) is 0 Å². The summed E-state index contributed by atoms with van der Waals surface area (Å²) in [6, 6.07) is 4.36. The Kier molecular flexibility index (Phi) is 6.73. The highest BCUT2D eigenvalue weighted by molar-refractivity contribution is 7.92. The Bertz CT molecular complexity index is 1090.